The van der Waals surface area contributed by atoms with Crippen LogP contribution in [0.25, 0.3) is 10.9 Å². The normalized spacial score (nSPS) is 10.9. The van der Waals surface area contributed by atoms with Crippen molar-refractivity contribution in [2.75, 3.05) is 26.8 Å². The Morgan fingerprint density at radius 1 is 0.958 bits per heavy atom. The number of methoxy groups -OCH3 is 1. The van der Waals surface area contributed by atoms with Crippen LogP contribution >= 0.6 is 0 Å². The summed E-state index contributed by atoms with van der Waals surface area (Å²) >= 11 is 0. The van der Waals surface area contributed by atoms with Gasteiger partial charge in [-0.3, -0.25) is 0 Å². The molecule has 0 aliphatic rings. The van der Waals surface area contributed by atoms with Crippen LogP contribution in [-0.2, 0) is 6.42 Å². The van der Waals surface area contributed by atoms with E-state index in [9.17, 15) is 0 Å². The number of ether oxygens (including phenoxy) is 2. The maximum atomic E-state index is 5.75. The van der Waals surface area contributed by atoms with Gasteiger partial charge < -0.3 is 19.8 Å². The monoisotopic (exact) mass is 324 g/mol. The molecule has 0 saturated heterocycles. The average molecular weight is 324 g/mol. The van der Waals surface area contributed by atoms with Crippen LogP contribution < -0.4 is 14.8 Å². The molecule has 0 fully saturated rings. The van der Waals surface area contributed by atoms with Crippen LogP contribution in [0.15, 0.2) is 54.7 Å². The average Bonchev–Trinajstić information content (AvgIpc) is 3.04. The first-order valence-electron chi connectivity index (χ1n) is 8.40. The van der Waals surface area contributed by atoms with E-state index in [-0.39, 0.29) is 0 Å². The van der Waals surface area contributed by atoms with Crippen molar-refractivity contribution in [1.29, 1.82) is 0 Å². The van der Waals surface area contributed by atoms with Crippen LogP contribution in [0.5, 0.6) is 11.5 Å². The summed E-state index contributed by atoms with van der Waals surface area (Å²) in [4.78, 5) is 3.33. The second kappa shape index (κ2) is 8.41. The third-order valence-corrected chi connectivity index (χ3v) is 4.08. The van der Waals surface area contributed by atoms with E-state index < -0.39 is 0 Å². The summed E-state index contributed by atoms with van der Waals surface area (Å²) in [7, 11) is 1.66. The van der Waals surface area contributed by atoms with Gasteiger partial charge in [0.05, 0.1) is 7.11 Å². The molecule has 0 aliphatic carbocycles. The fourth-order valence-electron chi connectivity index (χ4n) is 2.84. The third-order valence-electron chi connectivity index (χ3n) is 4.08. The van der Waals surface area contributed by atoms with Gasteiger partial charge in [-0.15, -0.1) is 0 Å². The number of hydrogen-bond donors (Lipinski definition) is 2. The Hall–Kier alpha value is -2.46. The van der Waals surface area contributed by atoms with Crippen LogP contribution in [0.2, 0.25) is 0 Å². The van der Waals surface area contributed by atoms with Crippen LogP contribution in [-0.4, -0.2) is 31.8 Å². The zero-order chi connectivity index (χ0) is 16.6. The molecule has 126 valence electrons. The first-order chi connectivity index (χ1) is 11.9. The van der Waals surface area contributed by atoms with Crippen molar-refractivity contribution < 1.29 is 9.47 Å². The minimum atomic E-state index is 0.632. The molecule has 2 aromatic carbocycles. The molecular weight excluding hydrogens is 300 g/mol. The summed E-state index contributed by atoms with van der Waals surface area (Å²) in [5.74, 6) is 1.57. The highest BCUT2D eigenvalue weighted by Gasteiger charge is 2.03. The molecule has 24 heavy (non-hydrogen) atoms. The SMILES string of the molecule is COc1ccccc1OCCNCCCc1c[nH]c2ccccc12. The Kier molecular flexibility index (Phi) is 5.75. The molecule has 4 nitrogen and oxygen atoms in total. The zero-order valence-electron chi connectivity index (χ0n) is 14.0. The van der Waals surface area contributed by atoms with Crippen molar-refractivity contribution in [3.05, 3.63) is 60.3 Å². The molecule has 0 bridgehead atoms. The Morgan fingerprint density at radius 3 is 2.62 bits per heavy atom. The van der Waals surface area contributed by atoms with Crippen LogP contribution in [0, 0.1) is 0 Å². The number of para-hydroxylation sites is 3. The van der Waals surface area contributed by atoms with E-state index >= 15 is 0 Å². The lowest BCUT2D eigenvalue weighted by Crippen LogP contribution is -2.22. The minimum absolute atomic E-state index is 0.632. The van der Waals surface area contributed by atoms with Crippen molar-refractivity contribution in [2.45, 2.75) is 12.8 Å². The lowest BCUT2D eigenvalue weighted by molar-refractivity contribution is 0.292. The van der Waals surface area contributed by atoms with Crippen molar-refractivity contribution in [3.8, 4) is 11.5 Å². The van der Waals surface area contributed by atoms with E-state index in [2.05, 4.69) is 40.8 Å². The third kappa shape index (κ3) is 4.09. The number of aromatic amines is 1. The molecule has 1 heterocycles. The first kappa shape index (κ1) is 16.4. The van der Waals surface area contributed by atoms with E-state index in [1.165, 1.54) is 16.5 Å². The molecule has 1 aromatic heterocycles. The molecule has 0 unspecified atom stereocenters. The molecule has 3 rings (SSSR count). The predicted octanol–water partition coefficient (Wildman–Crippen LogP) is 3.78. The summed E-state index contributed by atoms with van der Waals surface area (Å²) in [6.45, 7) is 2.44. The second-order valence-electron chi connectivity index (χ2n) is 5.71. The summed E-state index contributed by atoms with van der Waals surface area (Å²) in [6.07, 6.45) is 4.30. The Balaban J connectivity index is 1.34. The number of nitrogens with one attached hydrogen (secondary N) is 2. The molecule has 2 N–H and O–H groups in total. The van der Waals surface area contributed by atoms with Gasteiger partial charge in [-0.05, 0) is 43.1 Å². The van der Waals surface area contributed by atoms with E-state index in [1.54, 1.807) is 7.11 Å². The summed E-state index contributed by atoms with van der Waals surface area (Å²) in [5, 5.41) is 4.76. The van der Waals surface area contributed by atoms with Gasteiger partial charge in [0, 0.05) is 23.6 Å². The van der Waals surface area contributed by atoms with E-state index in [0.717, 1.165) is 37.4 Å². The van der Waals surface area contributed by atoms with E-state index in [1.807, 2.05) is 24.3 Å². The van der Waals surface area contributed by atoms with Gasteiger partial charge >= 0.3 is 0 Å². The molecule has 0 amide bonds. The van der Waals surface area contributed by atoms with E-state index in [0.29, 0.717) is 6.61 Å². The second-order valence-corrected chi connectivity index (χ2v) is 5.71. The first-order valence-corrected chi connectivity index (χ1v) is 8.40. The van der Waals surface area contributed by atoms with Gasteiger partial charge in [-0.2, -0.15) is 0 Å². The largest absolute Gasteiger partial charge is 0.493 e. The molecule has 0 spiro atoms. The van der Waals surface area contributed by atoms with Gasteiger partial charge in [0.25, 0.3) is 0 Å². The quantitative estimate of drug-likeness (QED) is 0.589. The highest BCUT2D eigenvalue weighted by atomic mass is 16.5. The minimum Gasteiger partial charge on any atom is -0.493 e. The van der Waals surface area contributed by atoms with Gasteiger partial charge in [0.2, 0.25) is 0 Å². The maximum Gasteiger partial charge on any atom is 0.161 e. The van der Waals surface area contributed by atoms with Gasteiger partial charge in [0.1, 0.15) is 6.61 Å². The summed E-state index contributed by atoms with van der Waals surface area (Å²) in [5.41, 5.74) is 2.60. The standard InChI is InChI=1S/C20H24N2O2/c1-23-19-10-4-5-11-20(19)24-14-13-21-12-6-7-16-15-22-18-9-3-2-8-17(16)18/h2-5,8-11,15,21-22H,6-7,12-14H2,1H3. The maximum absolute atomic E-state index is 5.75. The summed E-state index contributed by atoms with van der Waals surface area (Å²) < 4.78 is 11.0. The number of aromatic nitrogens is 1. The predicted molar refractivity (Wildman–Crippen MR) is 98.0 cm³/mol. The van der Waals surface area contributed by atoms with Crippen molar-refractivity contribution in [3.63, 3.8) is 0 Å². The number of aryl methyl sites for hydroxylation is 1. The van der Waals surface area contributed by atoms with Crippen LogP contribution in [0.3, 0.4) is 0 Å². The van der Waals surface area contributed by atoms with Crippen LogP contribution in [0.1, 0.15) is 12.0 Å². The van der Waals surface area contributed by atoms with Gasteiger partial charge in [-0.1, -0.05) is 30.3 Å². The Morgan fingerprint density at radius 2 is 1.75 bits per heavy atom. The smallest absolute Gasteiger partial charge is 0.161 e. The molecule has 0 saturated carbocycles. The van der Waals surface area contributed by atoms with Crippen molar-refractivity contribution in [1.82, 2.24) is 10.3 Å². The molecule has 0 atom stereocenters. The molecular formula is C20H24N2O2. The number of fused-ring (bicyclic) bond motifs is 1. The molecule has 0 aliphatic heterocycles. The number of benzene rings is 2. The Labute approximate surface area is 142 Å². The topological polar surface area (TPSA) is 46.3 Å². The summed E-state index contributed by atoms with van der Waals surface area (Å²) in [6, 6.07) is 16.2. The number of rotatable bonds is 9. The number of H-pyrrole nitrogens is 1. The van der Waals surface area contributed by atoms with Crippen LogP contribution in [0.4, 0.5) is 0 Å². The lowest BCUT2D eigenvalue weighted by atomic mass is 10.1. The number of hydrogen-bond acceptors (Lipinski definition) is 3. The molecule has 3 aromatic rings. The zero-order valence-corrected chi connectivity index (χ0v) is 14.0. The lowest BCUT2D eigenvalue weighted by Gasteiger charge is -2.10. The highest BCUT2D eigenvalue weighted by Crippen LogP contribution is 2.25. The highest BCUT2D eigenvalue weighted by molar-refractivity contribution is 5.82. The van der Waals surface area contributed by atoms with Crippen molar-refractivity contribution in [2.24, 2.45) is 0 Å². The molecule has 0 radical (unpaired) electrons. The van der Waals surface area contributed by atoms with Gasteiger partial charge in [0.15, 0.2) is 11.5 Å². The van der Waals surface area contributed by atoms with E-state index in [4.69, 9.17) is 9.47 Å². The fourth-order valence-corrected chi connectivity index (χ4v) is 2.84. The van der Waals surface area contributed by atoms with Crippen molar-refractivity contribution >= 4 is 10.9 Å². The Bertz CT molecular complexity index is 767. The van der Waals surface area contributed by atoms with Gasteiger partial charge in [-0.25, -0.2) is 0 Å². The molecule has 4 heteroatoms. The fraction of sp³-hybridized carbons (Fsp3) is 0.300.